The lowest BCUT2D eigenvalue weighted by Gasteiger charge is -2.39. The number of anilines is 1. The molecule has 1 aliphatic heterocycles. The number of aryl methyl sites for hydroxylation is 1. The number of amides is 1. The summed E-state index contributed by atoms with van der Waals surface area (Å²) >= 11 is 6.03. The Balaban J connectivity index is 1.98. The number of aromatic nitrogens is 4. The van der Waals surface area contributed by atoms with Crippen molar-refractivity contribution in [2.75, 3.05) is 24.5 Å². The fourth-order valence-electron chi connectivity index (χ4n) is 4.25. The van der Waals surface area contributed by atoms with E-state index in [1.165, 1.54) is 15.5 Å². The van der Waals surface area contributed by atoms with Gasteiger partial charge in [-0.05, 0) is 37.5 Å². The largest absolute Gasteiger partial charge is 0.465 e. The van der Waals surface area contributed by atoms with E-state index in [2.05, 4.69) is 15.0 Å². The summed E-state index contributed by atoms with van der Waals surface area (Å²) in [6.07, 6.45) is 0.662. The van der Waals surface area contributed by atoms with Crippen molar-refractivity contribution in [3.8, 4) is 5.69 Å². The van der Waals surface area contributed by atoms with Crippen LogP contribution in [0.15, 0.2) is 23.1 Å². The topological polar surface area (TPSA) is 104 Å². The van der Waals surface area contributed by atoms with Gasteiger partial charge in [0.2, 0.25) is 0 Å². The average Bonchev–Trinajstić information content (AvgIpc) is 2.74. The molecule has 0 bridgehead atoms. The Morgan fingerprint density at radius 1 is 1.30 bits per heavy atom. The fourth-order valence-corrected chi connectivity index (χ4v) is 4.38. The van der Waals surface area contributed by atoms with Crippen molar-refractivity contribution >= 4 is 34.5 Å². The SMILES string of the molecule is Cc1ccnc(C(C)C)c1-n1c(=O)nc(N2CCN(C(=O)O)C(C)C2)c2cc(F)c(Cl)nc21. The quantitative estimate of drug-likeness (QED) is 0.578. The van der Waals surface area contributed by atoms with Crippen LogP contribution in [0.3, 0.4) is 0 Å². The normalized spacial score (nSPS) is 16.6. The van der Waals surface area contributed by atoms with Crippen LogP contribution in [-0.4, -0.2) is 61.3 Å². The highest BCUT2D eigenvalue weighted by Gasteiger charge is 2.30. The molecule has 0 saturated carbocycles. The number of nitrogens with zero attached hydrogens (tertiary/aromatic N) is 6. The second kappa shape index (κ2) is 8.58. The van der Waals surface area contributed by atoms with Gasteiger partial charge in [-0.1, -0.05) is 25.4 Å². The van der Waals surface area contributed by atoms with Gasteiger partial charge in [0.1, 0.15) is 5.82 Å². The zero-order valence-corrected chi connectivity index (χ0v) is 19.5. The maximum absolute atomic E-state index is 14.5. The van der Waals surface area contributed by atoms with Crippen LogP contribution in [0.2, 0.25) is 5.15 Å². The van der Waals surface area contributed by atoms with E-state index in [0.717, 1.165) is 5.56 Å². The lowest BCUT2D eigenvalue weighted by atomic mass is 10.0. The van der Waals surface area contributed by atoms with Crippen LogP contribution in [0.25, 0.3) is 16.7 Å². The number of pyridine rings is 2. The maximum Gasteiger partial charge on any atom is 0.407 e. The standard InChI is InChI=1S/C22H24ClFN6O3/c1-11(2)16-17(12(3)5-6-25-16)30-20-14(9-15(24)18(23)26-20)19(27-21(30)31)28-7-8-29(22(32)33)13(4)10-28/h5-6,9,11,13H,7-8,10H2,1-4H3,(H,32,33). The number of carbonyl (C=O) groups is 1. The van der Waals surface area contributed by atoms with Crippen LogP contribution in [-0.2, 0) is 0 Å². The van der Waals surface area contributed by atoms with Crippen LogP contribution in [0.4, 0.5) is 15.0 Å². The number of halogens is 2. The lowest BCUT2D eigenvalue weighted by Crippen LogP contribution is -2.54. The number of rotatable bonds is 3. The molecule has 1 N–H and O–H groups in total. The summed E-state index contributed by atoms with van der Waals surface area (Å²) < 4.78 is 15.9. The van der Waals surface area contributed by atoms with Crippen LogP contribution in [0.1, 0.15) is 37.9 Å². The predicted octanol–water partition coefficient (Wildman–Crippen LogP) is 3.59. The average molecular weight is 475 g/mol. The van der Waals surface area contributed by atoms with Crippen molar-refractivity contribution in [2.45, 2.75) is 39.7 Å². The lowest BCUT2D eigenvalue weighted by molar-refractivity contribution is 0.122. The predicted molar refractivity (Wildman–Crippen MR) is 123 cm³/mol. The van der Waals surface area contributed by atoms with E-state index >= 15 is 0 Å². The van der Waals surface area contributed by atoms with Gasteiger partial charge in [0.05, 0.1) is 16.8 Å². The molecule has 174 valence electrons. The van der Waals surface area contributed by atoms with E-state index in [4.69, 9.17) is 11.6 Å². The summed E-state index contributed by atoms with van der Waals surface area (Å²) in [4.78, 5) is 40.9. The van der Waals surface area contributed by atoms with Crippen LogP contribution in [0, 0.1) is 12.7 Å². The molecule has 33 heavy (non-hydrogen) atoms. The monoisotopic (exact) mass is 474 g/mol. The minimum Gasteiger partial charge on any atom is -0.465 e. The third kappa shape index (κ3) is 3.99. The second-order valence-electron chi connectivity index (χ2n) is 8.47. The highest BCUT2D eigenvalue weighted by atomic mass is 35.5. The second-order valence-corrected chi connectivity index (χ2v) is 8.83. The molecule has 0 aliphatic carbocycles. The van der Waals surface area contributed by atoms with Crippen molar-refractivity contribution in [1.29, 1.82) is 0 Å². The number of hydrogen-bond donors (Lipinski definition) is 1. The van der Waals surface area contributed by atoms with E-state index in [1.54, 1.807) is 24.1 Å². The molecule has 9 nitrogen and oxygen atoms in total. The van der Waals surface area contributed by atoms with Gasteiger partial charge in [-0.2, -0.15) is 4.98 Å². The zero-order valence-electron chi connectivity index (χ0n) is 18.7. The molecule has 4 heterocycles. The Kier molecular flexibility index (Phi) is 5.96. The summed E-state index contributed by atoms with van der Waals surface area (Å²) in [6.45, 7) is 8.38. The fraction of sp³-hybridized carbons (Fsp3) is 0.409. The smallest absolute Gasteiger partial charge is 0.407 e. The van der Waals surface area contributed by atoms with Crippen molar-refractivity contribution in [2.24, 2.45) is 0 Å². The highest BCUT2D eigenvalue weighted by molar-refractivity contribution is 6.30. The Labute approximate surface area is 194 Å². The summed E-state index contributed by atoms with van der Waals surface area (Å²) in [5.74, 6) is -0.483. The highest BCUT2D eigenvalue weighted by Crippen LogP contribution is 2.31. The minimum atomic E-state index is -1.01. The summed E-state index contributed by atoms with van der Waals surface area (Å²) in [7, 11) is 0. The third-order valence-corrected chi connectivity index (χ3v) is 6.12. The molecular weight excluding hydrogens is 451 g/mol. The third-order valence-electron chi connectivity index (χ3n) is 5.86. The first-order chi connectivity index (χ1) is 15.6. The number of hydrogen-bond acceptors (Lipinski definition) is 6. The molecule has 1 fully saturated rings. The molecule has 11 heteroatoms. The van der Waals surface area contributed by atoms with Gasteiger partial charge in [0.25, 0.3) is 0 Å². The number of fused-ring (bicyclic) bond motifs is 1. The molecule has 0 spiro atoms. The molecule has 1 unspecified atom stereocenters. The van der Waals surface area contributed by atoms with Crippen LogP contribution >= 0.6 is 11.6 Å². The van der Waals surface area contributed by atoms with Gasteiger partial charge in [0.15, 0.2) is 16.6 Å². The minimum absolute atomic E-state index is 0.00222. The summed E-state index contributed by atoms with van der Waals surface area (Å²) in [5, 5.41) is 9.32. The maximum atomic E-state index is 14.5. The molecule has 3 aromatic rings. The molecule has 1 amide bonds. The van der Waals surface area contributed by atoms with Gasteiger partial charge in [-0.3, -0.25) is 4.98 Å². The van der Waals surface area contributed by atoms with Crippen LogP contribution in [0.5, 0.6) is 0 Å². The summed E-state index contributed by atoms with van der Waals surface area (Å²) in [6, 6.07) is 2.66. The van der Waals surface area contributed by atoms with Crippen molar-refractivity contribution in [3.63, 3.8) is 0 Å². The Morgan fingerprint density at radius 2 is 2.03 bits per heavy atom. The molecule has 3 aromatic heterocycles. The molecule has 1 aliphatic rings. The van der Waals surface area contributed by atoms with E-state index < -0.39 is 17.6 Å². The number of piperazine rings is 1. The molecular formula is C22H24ClFN6O3. The van der Waals surface area contributed by atoms with Gasteiger partial charge in [-0.15, -0.1) is 0 Å². The van der Waals surface area contributed by atoms with Crippen molar-refractivity contribution < 1.29 is 14.3 Å². The molecule has 0 aromatic carbocycles. The Bertz CT molecular complexity index is 1310. The van der Waals surface area contributed by atoms with E-state index in [0.29, 0.717) is 29.9 Å². The Morgan fingerprint density at radius 3 is 2.67 bits per heavy atom. The molecule has 1 atom stereocenters. The van der Waals surface area contributed by atoms with Crippen molar-refractivity contribution in [1.82, 2.24) is 24.4 Å². The first-order valence-corrected chi connectivity index (χ1v) is 11.0. The van der Waals surface area contributed by atoms with Crippen molar-refractivity contribution in [3.05, 3.63) is 51.0 Å². The summed E-state index contributed by atoms with van der Waals surface area (Å²) in [5.41, 5.74) is 1.58. The molecule has 1 saturated heterocycles. The zero-order chi connectivity index (χ0) is 24.0. The van der Waals surface area contributed by atoms with Crippen LogP contribution < -0.4 is 10.6 Å². The first kappa shape index (κ1) is 22.9. The van der Waals surface area contributed by atoms with Gasteiger partial charge in [0, 0.05) is 31.9 Å². The van der Waals surface area contributed by atoms with E-state index in [9.17, 15) is 19.1 Å². The molecule has 0 radical (unpaired) electrons. The van der Waals surface area contributed by atoms with Gasteiger partial charge in [-0.25, -0.2) is 23.5 Å². The van der Waals surface area contributed by atoms with E-state index in [-0.39, 0.29) is 35.1 Å². The van der Waals surface area contributed by atoms with Gasteiger partial charge < -0.3 is 14.9 Å². The van der Waals surface area contributed by atoms with Gasteiger partial charge >= 0.3 is 11.8 Å². The number of carboxylic acid groups (broad SMARTS) is 1. The Hall–Kier alpha value is -3.27. The van der Waals surface area contributed by atoms with E-state index in [1.807, 2.05) is 20.8 Å². The first-order valence-electron chi connectivity index (χ1n) is 10.6. The molecule has 4 rings (SSSR count).